The molecular weight excluding hydrogens is 461 g/mol. The lowest BCUT2D eigenvalue weighted by atomic mass is 10.0. The summed E-state index contributed by atoms with van der Waals surface area (Å²) in [7, 11) is 0. The number of piperidine rings is 1. The smallest absolute Gasteiger partial charge is 0.406 e. The molecule has 2 N–H and O–H groups in total. The molecule has 2 heterocycles. The summed E-state index contributed by atoms with van der Waals surface area (Å²) in [6, 6.07) is 6.66. The minimum Gasteiger partial charge on any atom is -0.406 e. The first-order valence-corrected chi connectivity index (χ1v) is 10.8. The van der Waals surface area contributed by atoms with E-state index in [9.17, 15) is 22.8 Å². The number of alkyl halides is 3. The molecule has 1 atom stereocenters. The maximum absolute atomic E-state index is 12.8. The number of hydrogen-bond acceptors (Lipinski definition) is 5. The molecule has 7 nitrogen and oxygen atoms in total. The van der Waals surface area contributed by atoms with Gasteiger partial charge in [-0.25, -0.2) is 4.98 Å². The Morgan fingerprint density at radius 2 is 2.00 bits per heavy atom. The van der Waals surface area contributed by atoms with Crippen molar-refractivity contribution in [2.45, 2.75) is 39.1 Å². The van der Waals surface area contributed by atoms with E-state index in [2.05, 4.69) is 20.4 Å². The minimum absolute atomic E-state index is 0.128. The van der Waals surface area contributed by atoms with Crippen molar-refractivity contribution >= 4 is 34.9 Å². The number of amides is 2. The Morgan fingerprint density at radius 3 is 2.67 bits per heavy atom. The lowest BCUT2D eigenvalue weighted by Crippen LogP contribution is -2.48. The van der Waals surface area contributed by atoms with Crippen molar-refractivity contribution in [1.82, 2.24) is 10.3 Å². The highest BCUT2D eigenvalue weighted by Gasteiger charge is 2.31. The second-order valence-corrected chi connectivity index (χ2v) is 8.40. The molecule has 2 aromatic rings. The van der Waals surface area contributed by atoms with E-state index >= 15 is 0 Å². The number of carbonyl (C=O) groups excluding carboxylic acids is 2. The second-order valence-electron chi connectivity index (χ2n) is 7.99. The summed E-state index contributed by atoms with van der Waals surface area (Å²) < 4.78 is 41.2. The Bertz CT molecular complexity index is 1020. The third-order valence-electron chi connectivity index (χ3n) is 5.05. The summed E-state index contributed by atoms with van der Waals surface area (Å²) in [6.45, 7) is 4.59. The van der Waals surface area contributed by atoms with Crippen LogP contribution in [0.4, 0.5) is 24.7 Å². The zero-order valence-corrected chi connectivity index (χ0v) is 18.8. The monoisotopic (exact) mass is 484 g/mol. The second kappa shape index (κ2) is 10.3. The van der Waals surface area contributed by atoms with E-state index in [-0.39, 0.29) is 28.8 Å². The van der Waals surface area contributed by atoms with Gasteiger partial charge in [-0.1, -0.05) is 25.4 Å². The van der Waals surface area contributed by atoms with Gasteiger partial charge in [0.05, 0.1) is 10.7 Å². The van der Waals surface area contributed by atoms with Gasteiger partial charge in [-0.2, -0.15) is 0 Å². The number of benzene rings is 1. The molecule has 1 aliphatic rings. The van der Waals surface area contributed by atoms with Gasteiger partial charge >= 0.3 is 6.36 Å². The fourth-order valence-corrected chi connectivity index (χ4v) is 3.72. The topological polar surface area (TPSA) is 83.6 Å². The highest BCUT2D eigenvalue weighted by molar-refractivity contribution is 6.33. The molecule has 0 unspecified atom stereocenters. The first-order valence-electron chi connectivity index (χ1n) is 10.4. The highest BCUT2D eigenvalue weighted by atomic mass is 35.5. The van der Waals surface area contributed by atoms with Gasteiger partial charge in [0, 0.05) is 42.9 Å². The molecule has 1 aliphatic heterocycles. The molecule has 0 aliphatic carbocycles. The fraction of sp³-hybridized carbons (Fsp3) is 0.409. The fourth-order valence-electron chi connectivity index (χ4n) is 3.43. The van der Waals surface area contributed by atoms with Gasteiger partial charge in [-0.15, -0.1) is 13.2 Å². The average Bonchev–Trinajstić information content (AvgIpc) is 2.73. The van der Waals surface area contributed by atoms with Crippen LogP contribution >= 0.6 is 11.6 Å². The first kappa shape index (κ1) is 24.6. The third kappa shape index (κ3) is 6.98. The molecule has 0 spiro atoms. The number of pyridine rings is 1. The number of hydrogen-bond donors (Lipinski definition) is 2. The van der Waals surface area contributed by atoms with Crippen molar-refractivity contribution in [1.29, 1.82) is 0 Å². The first-order chi connectivity index (χ1) is 15.5. The van der Waals surface area contributed by atoms with E-state index in [0.717, 1.165) is 18.9 Å². The van der Waals surface area contributed by atoms with Crippen LogP contribution in [0.3, 0.4) is 0 Å². The van der Waals surface area contributed by atoms with Crippen molar-refractivity contribution in [3.8, 4) is 5.75 Å². The summed E-state index contributed by atoms with van der Waals surface area (Å²) in [4.78, 5) is 30.6. The molecule has 33 heavy (non-hydrogen) atoms. The van der Waals surface area contributed by atoms with Crippen molar-refractivity contribution in [2.75, 3.05) is 23.3 Å². The number of nitrogens with one attached hydrogen (secondary N) is 2. The maximum atomic E-state index is 12.8. The van der Waals surface area contributed by atoms with Gasteiger partial charge in [0.25, 0.3) is 5.91 Å². The zero-order valence-electron chi connectivity index (χ0n) is 18.1. The van der Waals surface area contributed by atoms with Crippen LogP contribution in [-0.2, 0) is 4.79 Å². The van der Waals surface area contributed by atoms with E-state index in [1.807, 2.05) is 4.90 Å². The summed E-state index contributed by atoms with van der Waals surface area (Å²) >= 11 is 6.20. The van der Waals surface area contributed by atoms with Crippen LogP contribution in [-0.4, -0.2) is 42.3 Å². The number of ether oxygens (including phenoxy) is 1. The number of halogens is 4. The van der Waals surface area contributed by atoms with E-state index < -0.39 is 12.1 Å². The summed E-state index contributed by atoms with van der Waals surface area (Å²) in [6.07, 6.45) is -1.86. The van der Waals surface area contributed by atoms with Crippen LogP contribution in [0.15, 0.2) is 36.5 Å². The predicted molar refractivity (Wildman–Crippen MR) is 119 cm³/mol. The van der Waals surface area contributed by atoms with E-state index in [1.54, 1.807) is 19.9 Å². The highest BCUT2D eigenvalue weighted by Crippen LogP contribution is 2.33. The molecule has 0 saturated carbocycles. The molecule has 3 rings (SSSR count). The van der Waals surface area contributed by atoms with E-state index in [0.29, 0.717) is 30.2 Å². The van der Waals surface area contributed by atoms with Crippen molar-refractivity contribution in [2.24, 2.45) is 5.92 Å². The summed E-state index contributed by atoms with van der Waals surface area (Å²) in [5, 5.41) is 5.75. The van der Waals surface area contributed by atoms with Crippen molar-refractivity contribution in [3.05, 3.63) is 47.1 Å². The standard InChI is InChI=1S/C22H24ClF3N4O3/c1-13(2)20(31)29-19-10-14(7-8-27-19)21(32)28-15-4-3-9-30(12-15)18-6-5-16(11-17(18)23)33-22(24,25)26/h5-8,10-11,13,15H,3-4,9,12H2,1-2H3,(H,28,32)(H,27,29,31)/t15-/m1/s1. The molecule has 1 aromatic carbocycles. The molecule has 0 bridgehead atoms. The number of nitrogens with zero attached hydrogens (tertiary/aromatic N) is 2. The molecule has 0 radical (unpaired) electrons. The van der Waals surface area contributed by atoms with Crippen LogP contribution in [0.1, 0.15) is 37.0 Å². The Kier molecular flexibility index (Phi) is 7.68. The number of anilines is 2. The number of aromatic nitrogens is 1. The normalized spacial score (nSPS) is 16.5. The Labute approximate surface area is 194 Å². The van der Waals surface area contributed by atoms with Gasteiger partial charge in [0.2, 0.25) is 5.91 Å². The van der Waals surface area contributed by atoms with Crippen LogP contribution < -0.4 is 20.3 Å². The molecule has 2 amide bonds. The molecule has 1 fully saturated rings. The zero-order chi connectivity index (χ0) is 24.2. The molecule has 1 aromatic heterocycles. The average molecular weight is 485 g/mol. The predicted octanol–water partition coefficient (Wildman–Crippen LogP) is 4.63. The van der Waals surface area contributed by atoms with Crippen molar-refractivity contribution < 1.29 is 27.5 Å². The SMILES string of the molecule is CC(C)C(=O)Nc1cc(C(=O)N[C@@H]2CCCN(c3ccc(OC(F)(F)F)cc3Cl)C2)ccn1. The summed E-state index contributed by atoms with van der Waals surface area (Å²) in [5.41, 5.74) is 0.917. The maximum Gasteiger partial charge on any atom is 0.573 e. The molecular formula is C22H24ClF3N4O3. The Morgan fingerprint density at radius 1 is 1.24 bits per heavy atom. The van der Waals surface area contributed by atoms with Gasteiger partial charge in [-0.3, -0.25) is 9.59 Å². The quantitative estimate of drug-likeness (QED) is 0.624. The Balaban J connectivity index is 1.64. The number of rotatable bonds is 6. The molecule has 178 valence electrons. The van der Waals surface area contributed by atoms with Crippen LogP contribution in [0, 0.1) is 5.92 Å². The van der Waals surface area contributed by atoms with Gasteiger partial charge in [0.1, 0.15) is 11.6 Å². The van der Waals surface area contributed by atoms with Crippen LogP contribution in [0.25, 0.3) is 0 Å². The van der Waals surface area contributed by atoms with E-state index in [4.69, 9.17) is 11.6 Å². The Hall–Kier alpha value is -3.01. The largest absolute Gasteiger partial charge is 0.573 e. The molecule has 1 saturated heterocycles. The van der Waals surface area contributed by atoms with Gasteiger partial charge in [0.15, 0.2) is 0 Å². The van der Waals surface area contributed by atoms with Gasteiger partial charge in [-0.05, 0) is 37.1 Å². The minimum atomic E-state index is -4.80. The van der Waals surface area contributed by atoms with Crippen LogP contribution in [0.2, 0.25) is 5.02 Å². The third-order valence-corrected chi connectivity index (χ3v) is 5.35. The lowest BCUT2D eigenvalue weighted by molar-refractivity contribution is -0.274. The lowest BCUT2D eigenvalue weighted by Gasteiger charge is -2.35. The van der Waals surface area contributed by atoms with Crippen molar-refractivity contribution in [3.63, 3.8) is 0 Å². The van der Waals surface area contributed by atoms with Gasteiger partial charge < -0.3 is 20.3 Å². The van der Waals surface area contributed by atoms with Crippen LogP contribution in [0.5, 0.6) is 5.75 Å². The summed E-state index contributed by atoms with van der Waals surface area (Å²) in [5.74, 6) is -0.843. The van der Waals surface area contributed by atoms with E-state index in [1.165, 1.54) is 24.4 Å². The molecule has 11 heteroatoms. The number of carbonyl (C=O) groups is 2.